The Labute approximate surface area is 192 Å². The number of non-ortho nitro benzene ring substituents is 1. The Hall–Kier alpha value is -3.70. The van der Waals surface area contributed by atoms with Crippen LogP contribution in [0.15, 0.2) is 54.6 Å². The van der Waals surface area contributed by atoms with Gasteiger partial charge in [-0.2, -0.15) is 18.3 Å². The highest BCUT2D eigenvalue weighted by Crippen LogP contribution is 2.33. The van der Waals surface area contributed by atoms with E-state index in [0.717, 1.165) is 24.3 Å². The normalized spacial score (nSPS) is 11.5. The van der Waals surface area contributed by atoms with Crippen LogP contribution >= 0.6 is 23.2 Å². The van der Waals surface area contributed by atoms with E-state index in [-0.39, 0.29) is 39.0 Å². The maximum atomic E-state index is 13.7. The number of nitro groups is 1. The lowest BCUT2D eigenvalue weighted by molar-refractivity contribution is -0.384. The Morgan fingerprint density at radius 1 is 1.06 bits per heavy atom. The van der Waals surface area contributed by atoms with Gasteiger partial charge >= 0.3 is 6.18 Å². The van der Waals surface area contributed by atoms with E-state index in [2.05, 4.69) is 15.4 Å². The second-order valence-electron chi connectivity index (χ2n) is 6.71. The summed E-state index contributed by atoms with van der Waals surface area (Å²) in [6.07, 6.45) is -4.82. The van der Waals surface area contributed by atoms with Gasteiger partial charge in [0.25, 0.3) is 11.6 Å². The molecule has 0 aliphatic carbocycles. The SMILES string of the molecule is O=C(Nc1ccc(Cl)cc1Cl)c1cc2nc(-c3ccc([N+](=O)[O-])cc3)cc(C(F)(F)F)n2n1. The Kier molecular flexibility index (Phi) is 5.68. The minimum atomic E-state index is -4.82. The number of aromatic nitrogens is 3. The fraction of sp³-hybridized carbons (Fsp3) is 0.0500. The number of carbonyl (C=O) groups excluding carboxylic acids is 1. The standard InChI is InChI=1S/C20H10Cl2F3N5O3/c21-11-3-6-14(13(22)7-11)27-19(31)16-9-18-26-15(8-17(20(23,24)25)29(18)28-16)10-1-4-12(5-2-10)30(32)33/h1-9H,(H,27,31). The van der Waals surface area contributed by atoms with Crippen LogP contribution < -0.4 is 5.32 Å². The largest absolute Gasteiger partial charge is 0.433 e. The number of nitro benzene ring substituents is 1. The van der Waals surface area contributed by atoms with Crippen molar-refractivity contribution in [2.24, 2.45) is 0 Å². The van der Waals surface area contributed by atoms with E-state index < -0.39 is 22.7 Å². The predicted octanol–water partition coefficient (Wildman–Crippen LogP) is 5.88. The van der Waals surface area contributed by atoms with Gasteiger partial charge < -0.3 is 5.32 Å². The molecular weight excluding hydrogens is 486 g/mol. The van der Waals surface area contributed by atoms with Crippen LogP contribution in [0, 0.1) is 10.1 Å². The van der Waals surface area contributed by atoms with Crippen LogP contribution in [-0.4, -0.2) is 25.4 Å². The van der Waals surface area contributed by atoms with Crippen molar-refractivity contribution in [3.05, 3.63) is 86.1 Å². The minimum absolute atomic E-state index is 0.0997. The van der Waals surface area contributed by atoms with Crippen molar-refractivity contribution in [3.8, 4) is 11.3 Å². The zero-order chi connectivity index (χ0) is 23.9. The number of halogens is 5. The van der Waals surface area contributed by atoms with Gasteiger partial charge in [-0.25, -0.2) is 9.50 Å². The van der Waals surface area contributed by atoms with Gasteiger partial charge in [0, 0.05) is 28.8 Å². The third-order valence-corrected chi connectivity index (χ3v) is 5.05. The monoisotopic (exact) mass is 495 g/mol. The summed E-state index contributed by atoms with van der Waals surface area (Å²) in [4.78, 5) is 26.9. The number of nitrogens with one attached hydrogen (secondary N) is 1. The van der Waals surface area contributed by atoms with Crippen molar-refractivity contribution in [1.29, 1.82) is 0 Å². The van der Waals surface area contributed by atoms with Crippen molar-refractivity contribution >= 4 is 46.1 Å². The number of hydrogen-bond donors (Lipinski definition) is 1. The molecule has 0 radical (unpaired) electrons. The topological polar surface area (TPSA) is 102 Å². The molecule has 168 valence electrons. The molecule has 0 saturated carbocycles. The molecule has 33 heavy (non-hydrogen) atoms. The molecule has 8 nitrogen and oxygen atoms in total. The quantitative estimate of drug-likeness (QED) is 0.281. The van der Waals surface area contributed by atoms with Gasteiger partial charge in [-0.05, 0) is 36.4 Å². The number of anilines is 1. The highest BCUT2D eigenvalue weighted by Gasteiger charge is 2.35. The molecule has 1 amide bonds. The average molecular weight is 496 g/mol. The van der Waals surface area contributed by atoms with Crippen LogP contribution in [0.5, 0.6) is 0 Å². The van der Waals surface area contributed by atoms with E-state index in [1.807, 2.05) is 0 Å². The Morgan fingerprint density at radius 2 is 1.76 bits per heavy atom. The zero-order valence-corrected chi connectivity index (χ0v) is 17.6. The van der Waals surface area contributed by atoms with Crippen molar-refractivity contribution < 1.29 is 22.9 Å². The third-order valence-electron chi connectivity index (χ3n) is 4.50. The maximum absolute atomic E-state index is 13.7. The van der Waals surface area contributed by atoms with Gasteiger partial charge in [0.15, 0.2) is 17.0 Å². The van der Waals surface area contributed by atoms with E-state index >= 15 is 0 Å². The summed E-state index contributed by atoms with van der Waals surface area (Å²) in [5, 5.41) is 17.5. The van der Waals surface area contributed by atoms with Gasteiger partial charge in [0.1, 0.15) is 0 Å². The number of nitrogens with zero attached hydrogens (tertiary/aromatic N) is 4. The first-order valence-corrected chi connectivity index (χ1v) is 9.78. The molecule has 13 heteroatoms. The van der Waals surface area contributed by atoms with Crippen LogP contribution in [0.3, 0.4) is 0 Å². The molecule has 0 bridgehead atoms. The lowest BCUT2D eigenvalue weighted by atomic mass is 10.1. The van der Waals surface area contributed by atoms with E-state index in [4.69, 9.17) is 23.2 Å². The predicted molar refractivity (Wildman–Crippen MR) is 114 cm³/mol. The van der Waals surface area contributed by atoms with Crippen LogP contribution in [-0.2, 0) is 6.18 Å². The highest BCUT2D eigenvalue weighted by atomic mass is 35.5. The van der Waals surface area contributed by atoms with Crippen LogP contribution in [0.2, 0.25) is 10.0 Å². The van der Waals surface area contributed by atoms with Gasteiger partial charge in [-0.15, -0.1) is 0 Å². The average Bonchev–Trinajstić information content (AvgIpc) is 3.18. The summed E-state index contributed by atoms with van der Waals surface area (Å²) in [7, 11) is 0. The smallest absolute Gasteiger partial charge is 0.319 e. The van der Waals surface area contributed by atoms with Crippen LogP contribution in [0.1, 0.15) is 16.2 Å². The van der Waals surface area contributed by atoms with E-state index in [0.29, 0.717) is 9.54 Å². The van der Waals surface area contributed by atoms with Gasteiger partial charge in [0.05, 0.1) is 21.3 Å². The first-order valence-electron chi connectivity index (χ1n) is 9.02. The lowest BCUT2D eigenvalue weighted by Crippen LogP contribution is -2.16. The fourth-order valence-corrected chi connectivity index (χ4v) is 3.42. The molecule has 0 aliphatic rings. The first-order chi connectivity index (χ1) is 15.5. The van der Waals surface area contributed by atoms with Gasteiger partial charge in [-0.3, -0.25) is 14.9 Å². The molecule has 1 N–H and O–H groups in total. The fourth-order valence-electron chi connectivity index (χ4n) is 2.97. The number of benzene rings is 2. The van der Waals surface area contributed by atoms with Crippen molar-refractivity contribution in [3.63, 3.8) is 0 Å². The molecule has 0 spiro atoms. The lowest BCUT2D eigenvalue weighted by Gasteiger charge is -2.11. The summed E-state index contributed by atoms with van der Waals surface area (Å²) in [6, 6.07) is 11.0. The van der Waals surface area contributed by atoms with E-state index in [1.165, 1.54) is 30.3 Å². The number of fused-ring (bicyclic) bond motifs is 1. The van der Waals surface area contributed by atoms with Crippen LogP contribution in [0.25, 0.3) is 16.9 Å². The van der Waals surface area contributed by atoms with E-state index in [9.17, 15) is 28.1 Å². The van der Waals surface area contributed by atoms with Gasteiger partial charge in [-0.1, -0.05) is 23.2 Å². The summed E-state index contributed by atoms with van der Waals surface area (Å²) in [5.74, 6) is -0.810. The molecule has 0 fully saturated rings. The van der Waals surface area contributed by atoms with Crippen molar-refractivity contribution in [2.45, 2.75) is 6.18 Å². The summed E-state index contributed by atoms with van der Waals surface area (Å²) < 4.78 is 41.7. The number of alkyl halides is 3. The second-order valence-corrected chi connectivity index (χ2v) is 7.55. The molecule has 0 saturated heterocycles. The first kappa shape index (κ1) is 22.5. The molecule has 2 heterocycles. The second kappa shape index (κ2) is 8.34. The highest BCUT2D eigenvalue weighted by molar-refractivity contribution is 6.36. The third kappa shape index (κ3) is 4.59. The Morgan fingerprint density at radius 3 is 2.36 bits per heavy atom. The number of carbonyl (C=O) groups is 1. The summed E-state index contributed by atoms with van der Waals surface area (Å²) >= 11 is 11.8. The van der Waals surface area contributed by atoms with Crippen LogP contribution in [0.4, 0.5) is 24.5 Å². The molecule has 0 atom stereocenters. The summed E-state index contributed by atoms with van der Waals surface area (Å²) in [6.45, 7) is 0. The molecule has 0 unspecified atom stereocenters. The molecular formula is C20H10Cl2F3N5O3. The van der Waals surface area contributed by atoms with Gasteiger partial charge in [0.2, 0.25) is 0 Å². The number of rotatable bonds is 4. The minimum Gasteiger partial charge on any atom is -0.319 e. The molecule has 4 rings (SSSR count). The molecule has 4 aromatic rings. The zero-order valence-electron chi connectivity index (χ0n) is 16.1. The van der Waals surface area contributed by atoms with Crippen molar-refractivity contribution in [2.75, 3.05) is 5.32 Å². The molecule has 2 aromatic heterocycles. The van der Waals surface area contributed by atoms with E-state index in [1.54, 1.807) is 0 Å². The number of hydrogen-bond acceptors (Lipinski definition) is 5. The Balaban J connectivity index is 1.77. The number of amides is 1. The van der Waals surface area contributed by atoms with Crippen molar-refractivity contribution in [1.82, 2.24) is 14.6 Å². The molecule has 2 aromatic carbocycles. The molecule has 0 aliphatic heterocycles. The maximum Gasteiger partial charge on any atom is 0.433 e. The summed E-state index contributed by atoms with van der Waals surface area (Å²) in [5.41, 5.74) is -1.67. The Bertz CT molecular complexity index is 1400.